The van der Waals surface area contributed by atoms with Gasteiger partial charge in [-0.2, -0.15) is 13.2 Å². The van der Waals surface area contributed by atoms with Gasteiger partial charge in [-0.25, -0.2) is 9.97 Å². The molecule has 0 radical (unpaired) electrons. The van der Waals surface area contributed by atoms with E-state index in [0.717, 1.165) is 17.7 Å². The van der Waals surface area contributed by atoms with Crippen LogP contribution < -0.4 is 0 Å². The first-order chi connectivity index (χ1) is 11.3. The van der Waals surface area contributed by atoms with Gasteiger partial charge in [0.2, 0.25) is 0 Å². The largest absolute Gasteiger partial charge is 0.416 e. The van der Waals surface area contributed by atoms with Crippen LogP contribution in [0.2, 0.25) is 0 Å². The van der Waals surface area contributed by atoms with Crippen molar-refractivity contribution in [2.24, 2.45) is 0 Å². The number of alkyl halides is 3. The van der Waals surface area contributed by atoms with Crippen molar-refractivity contribution in [3.05, 3.63) is 47.3 Å². The molecule has 1 N–H and O–H groups in total. The molecular formula is C17H14F3N3O. The van der Waals surface area contributed by atoms with Gasteiger partial charge in [0.05, 0.1) is 11.3 Å². The van der Waals surface area contributed by atoms with Crippen LogP contribution in [0.15, 0.2) is 30.3 Å². The Bertz CT molecular complexity index is 946. The lowest BCUT2D eigenvalue weighted by Gasteiger charge is -2.11. The van der Waals surface area contributed by atoms with E-state index in [1.165, 1.54) is 6.07 Å². The van der Waals surface area contributed by atoms with Gasteiger partial charge in [-0.3, -0.25) is 0 Å². The minimum Gasteiger partial charge on any atom is -0.385 e. The van der Waals surface area contributed by atoms with Gasteiger partial charge in [0.1, 0.15) is 17.4 Å². The van der Waals surface area contributed by atoms with Crippen LogP contribution in [0, 0.1) is 6.92 Å². The summed E-state index contributed by atoms with van der Waals surface area (Å²) < 4.78 is 40.8. The van der Waals surface area contributed by atoms with Gasteiger partial charge >= 0.3 is 6.18 Å². The number of aliphatic hydroxyl groups is 1. The third-order valence-electron chi connectivity index (χ3n) is 4.39. The number of rotatable bonds is 1. The lowest BCUT2D eigenvalue weighted by atomic mass is 10.0. The maximum absolute atomic E-state index is 13.0. The van der Waals surface area contributed by atoms with Crippen molar-refractivity contribution in [1.29, 1.82) is 0 Å². The van der Waals surface area contributed by atoms with E-state index in [1.807, 2.05) is 4.57 Å². The first-order valence-corrected chi connectivity index (χ1v) is 7.58. The van der Waals surface area contributed by atoms with Crippen LogP contribution in [-0.2, 0) is 12.7 Å². The Morgan fingerprint density at radius 3 is 2.71 bits per heavy atom. The van der Waals surface area contributed by atoms with Crippen molar-refractivity contribution in [3.8, 4) is 11.3 Å². The van der Waals surface area contributed by atoms with Gasteiger partial charge in [0, 0.05) is 12.1 Å². The van der Waals surface area contributed by atoms with Crippen molar-refractivity contribution >= 4 is 11.2 Å². The summed E-state index contributed by atoms with van der Waals surface area (Å²) >= 11 is 0. The fourth-order valence-corrected chi connectivity index (χ4v) is 3.10. The van der Waals surface area contributed by atoms with Crippen LogP contribution in [0.25, 0.3) is 22.4 Å². The number of imidazole rings is 1. The molecule has 4 nitrogen and oxygen atoms in total. The fraction of sp³-hybridized carbons (Fsp3) is 0.294. The van der Waals surface area contributed by atoms with E-state index in [4.69, 9.17) is 0 Å². The normalized spacial score (nSPS) is 17.5. The third kappa shape index (κ3) is 2.27. The molecule has 1 atom stereocenters. The van der Waals surface area contributed by atoms with Gasteiger partial charge < -0.3 is 9.67 Å². The number of aliphatic hydroxyl groups excluding tert-OH is 1. The highest BCUT2D eigenvalue weighted by Gasteiger charge is 2.31. The number of nitrogens with zero attached hydrogens (tertiary/aromatic N) is 3. The molecule has 0 bridgehead atoms. The van der Waals surface area contributed by atoms with Crippen molar-refractivity contribution in [2.45, 2.75) is 32.2 Å². The number of aryl methyl sites for hydroxylation is 2. The van der Waals surface area contributed by atoms with Crippen molar-refractivity contribution in [2.75, 3.05) is 0 Å². The zero-order valence-corrected chi connectivity index (χ0v) is 12.8. The van der Waals surface area contributed by atoms with E-state index < -0.39 is 17.8 Å². The van der Waals surface area contributed by atoms with E-state index in [1.54, 1.807) is 19.1 Å². The van der Waals surface area contributed by atoms with Crippen LogP contribution in [0.3, 0.4) is 0 Å². The summed E-state index contributed by atoms with van der Waals surface area (Å²) in [5.74, 6) is 0.565. The average Bonchev–Trinajstić information content (AvgIpc) is 3.06. The lowest BCUT2D eigenvalue weighted by Crippen LogP contribution is -2.05. The second kappa shape index (κ2) is 5.04. The molecule has 3 aromatic rings. The molecule has 0 spiro atoms. The minimum absolute atomic E-state index is 0.445. The Balaban J connectivity index is 1.88. The predicted molar refractivity (Wildman–Crippen MR) is 82.3 cm³/mol. The second-order valence-corrected chi connectivity index (χ2v) is 5.99. The molecule has 1 unspecified atom stereocenters. The molecule has 2 aromatic heterocycles. The summed E-state index contributed by atoms with van der Waals surface area (Å²) in [6, 6.07) is 7.05. The monoisotopic (exact) mass is 333 g/mol. The van der Waals surface area contributed by atoms with E-state index in [0.29, 0.717) is 41.2 Å². The molecule has 24 heavy (non-hydrogen) atoms. The number of pyridine rings is 1. The summed E-state index contributed by atoms with van der Waals surface area (Å²) in [6.45, 7) is 2.36. The minimum atomic E-state index is -4.39. The summed E-state index contributed by atoms with van der Waals surface area (Å²) in [7, 11) is 0. The summed E-state index contributed by atoms with van der Waals surface area (Å²) in [5, 5.41) is 9.90. The third-order valence-corrected chi connectivity index (χ3v) is 4.39. The van der Waals surface area contributed by atoms with Crippen molar-refractivity contribution in [3.63, 3.8) is 0 Å². The Morgan fingerprint density at radius 1 is 1.17 bits per heavy atom. The number of hydrogen-bond donors (Lipinski definition) is 1. The van der Waals surface area contributed by atoms with Crippen LogP contribution in [-0.4, -0.2) is 19.6 Å². The maximum atomic E-state index is 13.0. The van der Waals surface area contributed by atoms with Crippen molar-refractivity contribution in [1.82, 2.24) is 14.5 Å². The quantitative estimate of drug-likeness (QED) is 0.736. The molecular weight excluding hydrogens is 319 g/mol. The molecule has 1 aromatic carbocycles. The maximum Gasteiger partial charge on any atom is 0.416 e. The topological polar surface area (TPSA) is 50.9 Å². The molecule has 1 aliphatic rings. The first kappa shape index (κ1) is 15.1. The summed E-state index contributed by atoms with van der Waals surface area (Å²) in [4.78, 5) is 8.88. The van der Waals surface area contributed by atoms with E-state index in [2.05, 4.69) is 9.97 Å². The van der Waals surface area contributed by atoms with Gasteiger partial charge in [-0.1, -0.05) is 6.07 Å². The van der Waals surface area contributed by atoms with Gasteiger partial charge in [0.15, 0.2) is 5.65 Å². The molecule has 0 aliphatic carbocycles. The van der Waals surface area contributed by atoms with Crippen LogP contribution >= 0.6 is 0 Å². The Kier molecular flexibility index (Phi) is 3.18. The zero-order chi connectivity index (χ0) is 17.1. The van der Waals surface area contributed by atoms with E-state index >= 15 is 0 Å². The number of aromatic nitrogens is 3. The Hall–Kier alpha value is -2.41. The molecule has 0 saturated heterocycles. The number of halogens is 3. The first-order valence-electron chi connectivity index (χ1n) is 7.58. The SMILES string of the molecule is Cc1ccc(C(F)(F)F)cc1-c1ccc2nc3n(c2n1)CCC3O. The summed E-state index contributed by atoms with van der Waals surface area (Å²) in [6.07, 6.45) is -4.43. The number of fused-ring (bicyclic) bond motifs is 3. The highest BCUT2D eigenvalue weighted by Crippen LogP contribution is 2.35. The highest BCUT2D eigenvalue weighted by molar-refractivity contribution is 5.77. The molecule has 4 rings (SSSR count). The molecule has 7 heteroatoms. The average molecular weight is 333 g/mol. The number of benzene rings is 1. The van der Waals surface area contributed by atoms with Gasteiger partial charge in [-0.05, 0) is 43.2 Å². The van der Waals surface area contributed by atoms with Crippen LogP contribution in [0.4, 0.5) is 13.2 Å². The number of hydrogen-bond acceptors (Lipinski definition) is 3. The summed E-state index contributed by atoms with van der Waals surface area (Å²) in [5.41, 5.74) is 2.17. The molecule has 0 saturated carbocycles. The van der Waals surface area contributed by atoms with Crippen molar-refractivity contribution < 1.29 is 18.3 Å². The smallest absolute Gasteiger partial charge is 0.385 e. The predicted octanol–water partition coefficient (Wildman–Crippen LogP) is 3.86. The fourth-order valence-electron chi connectivity index (χ4n) is 3.10. The molecule has 0 fully saturated rings. The Morgan fingerprint density at radius 2 is 1.96 bits per heavy atom. The molecule has 1 aliphatic heterocycles. The van der Waals surface area contributed by atoms with Gasteiger partial charge in [0.25, 0.3) is 0 Å². The molecule has 124 valence electrons. The molecule has 0 amide bonds. The second-order valence-electron chi connectivity index (χ2n) is 5.99. The van der Waals surface area contributed by atoms with E-state index in [-0.39, 0.29) is 0 Å². The lowest BCUT2D eigenvalue weighted by molar-refractivity contribution is -0.137. The highest BCUT2D eigenvalue weighted by atomic mass is 19.4. The molecule has 3 heterocycles. The van der Waals surface area contributed by atoms with Crippen LogP contribution in [0.1, 0.15) is 29.5 Å². The Labute approximate surface area is 135 Å². The van der Waals surface area contributed by atoms with E-state index in [9.17, 15) is 18.3 Å². The van der Waals surface area contributed by atoms with Crippen LogP contribution in [0.5, 0.6) is 0 Å². The van der Waals surface area contributed by atoms with Gasteiger partial charge in [-0.15, -0.1) is 0 Å². The standard InChI is InChI=1S/C17H14F3N3O/c1-9-2-3-10(17(18,19)20)8-11(9)12-4-5-13-15(21-12)23-7-6-14(24)16(23)22-13/h2-5,8,14,24H,6-7H2,1H3. The zero-order valence-electron chi connectivity index (χ0n) is 12.8.